The van der Waals surface area contributed by atoms with Gasteiger partial charge in [0.1, 0.15) is 19.2 Å². The fraction of sp³-hybridized carbons (Fsp3) is 0.500. The molecule has 0 bridgehead atoms. The van der Waals surface area contributed by atoms with E-state index in [1.807, 2.05) is 0 Å². The summed E-state index contributed by atoms with van der Waals surface area (Å²) < 4.78 is 1.54. The highest BCUT2D eigenvalue weighted by Crippen LogP contribution is 2.19. The van der Waals surface area contributed by atoms with Crippen molar-refractivity contribution in [1.29, 1.82) is 0 Å². The molecule has 2 aromatic rings. The van der Waals surface area contributed by atoms with Crippen LogP contribution in [-0.2, 0) is 17.9 Å². The van der Waals surface area contributed by atoms with Crippen molar-refractivity contribution in [3.63, 3.8) is 0 Å². The minimum absolute atomic E-state index is 0.00263. The molecule has 1 N–H and O–H groups in total. The number of hydrogen-bond donors (Lipinski definition) is 1. The molecule has 128 valence electrons. The Morgan fingerprint density at radius 1 is 1.29 bits per heavy atom. The highest BCUT2D eigenvalue weighted by atomic mass is 16.2. The summed E-state index contributed by atoms with van der Waals surface area (Å²) in [6, 6.07) is 8.59. The minimum atomic E-state index is 0.00263. The number of carbonyl (C=O) groups excluding carboxylic acids is 1. The Balaban J connectivity index is 1.37. The highest BCUT2D eigenvalue weighted by Gasteiger charge is 2.20. The summed E-state index contributed by atoms with van der Waals surface area (Å²) >= 11 is 0. The van der Waals surface area contributed by atoms with Crippen LogP contribution in [0.3, 0.4) is 0 Å². The Morgan fingerprint density at radius 3 is 2.79 bits per heavy atom. The molecule has 0 unspecified atom stereocenters. The van der Waals surface area contributed by atoms with Crippen molar-refractivity contribution in [3.05, 3.63) is 48.0 Å². The fourth-order valence-corrected chi connectivity index (χ4v) is 3.15. The molecule has 6 nitrogen and oxygen atoms in total. The lowest BCUT2D eigenvalue weighted by molar-refractivity contribution is -0.122. The maximum atomic E-state index is 11.9. The number of amides is 1. The second-order valence-electron chi connectivity index (χ2n) is 6.54. The van der Waals surface area contributed by atoms with Crippen molar-refractivity contribution in [2.45, 2.75) is 32.9 Å². The molecular formula is C18H25N5O. The van der Waals surface area contributed by atoms with Gasteiger partial charge in [0.05, 0.1) is 0 Å². The molecular weight excluding hydrogens is 302 g/mol. The lowest BCUT2D eigenvalue weighted by atomic mass is 9.96. The van der Waals surface area contributed by atoms with E-state index in [1.165, 1.54) is 17.5 Å². The normalized spacial score (nSPS) is 16.2. The quantitative estimate of drug-likeness (QED) is 0.876. The molecule has 1 fully saturated rings. The van der Waals surface area contributed by atoms with Crippen LogP contribution in [0.4, 0.5) is 0 Å². The first-order chi connectivity index (χ1) is 11.7. The molecule has 0 saturated carbocycles. The van der Waals surface area contributed by atoms with Gasteiger partial charge in [-0.15, -0.1) is 0 Å². The van der Waals surface area contributed by atoms with Gasteiger partial charge in [-0.25, -0.2) is 9.67 Å². The maximum absolute atomic E-state index is 11.9. The van der Waals surface area contributed by atoms with Crippen LogP contribution in [0.15, 0.2) is 36.9 Å². The van der Waals surface area contributed by atoms with Crippen LogP contribution in [0.1, 0.15) is 24.0 Å². The summed E-state index contributed by atoms with van der Waals surface area (Å²) in [4.78, 5) is 18.2. The first-order valence-electron chi connectivity index (χ1n) is 8.56. The monoisotopic (exact) mass is 327 g/mol. The van der Waals surface area contributed by atoms with Gasteiger partial charge in [-0.1, -0.05) is 24.3 Å². The van der Waals surface area contributed by atoms with Gasteiger partial charge in [0, 0.05) is 13.1 Å². The summed E-state index contributed by atoms with van der Waals surface area (Å²) in [6.45, 7) is 6.39. The maximum Gasteiger partial charge on any atom is 0.241 e. The number of carbonyl (C=O) groups is 1. The average Bonchev–Trinajstić information content (AvgIpc) is 3.09. The molecule has 0 radical (unpaired) electrons. The Labute approximate surface area is 142 Å². The molecule has 1 aromatic carbocycles. The van der Waals surface area contributed by atoms with E-state index in [-0.39, 0.29) is 12.5 Å². The number of piperidine rings is 1. The lowest BCUT2D eigenvalue weighted by Crippen LogP contribution is -2.39. The SMILES string of the molecule is Cc1ccccc1CN1CCC(CNC(=O)Cn2cncn2)CC1. The van der Waals surface area contributed by atoms with E-state index in [2.05, 4.69) is 51.5 Å². The molecule has 3 rings (SSSR count). The van der Waals surface area contributed by atoms with E-state index in [4.69, 9.17) is 0 Å². The third kappa shape index (κ3) is 4.64. The fourth-order valence-electron chi connectivity index (χ4n) is 3.15. The summed E-state index contributed by atoms with van der Waals surface area (Å²) in [5.74, 6) is 0.570. The molecule has 1 aliphatic heterocycles. The van der Waals surface area contributed by atoms with Gasteiger partial charge < -0.3 is 5.32 Å². The van der Waals surface area contributed by atoms with Crippen molar-refractivity contribution in [2.24, 2.45) is 5.92 Å². The van der Waals surface area contributed by atoms with E-state index in [1.54, 1.807) is 11.0 Å². The van der Waals surface area contributed by atoms with E-state index >= 15 is 0 Å². The van der Waals surface area contributed by atoms with Gasteiger partial charge >= 0.3 is 0 Å². The number of aryl methyl sites for hydroxylation is 1. The van der Waals surface area contributed by atoms with Crippen LogP contribution >= 0.6 is 0 Å². The van der Waals surface area contributed by atoms with Crippen LogP contribution in [0.2, 0.25) is 0 Å². The molecule has 0 aliphatic carbocycles. The first-order valence-corrected chi connectivity index (χ1v) is 8.56. The zero-order chi connectivity index (χ0) is 16.8. The Bertz CT molecular complexity index is 647. The molecule has 0 spiro atoms. The molecule has 1 saturated heterocycles. The summed E-state index contributed by atoms with van der Waals surface area (Å²) in [5, 5.41) is 6.96. The van der Waals surface area contributed by atoms with E-state index in [9.17, 15) is 4.79 Å². The van der Waals surface area contributed by atoms with Crippen molar-refractivity contribution in [1.82, 2.24) is 25.0 Å². The van der Waals surface area contributed by atoms with Gasteiger partial charge in [0.2, 0.25) is 5.91 Å². The lowest BCUT2D eigenvalue weighted by Gasteiger charge is -2.32. The van der Waals surface area contributed by atoms with E-state index in [0.717, 1.165) is 39.0 Å². The molecule has 1 aliphatic rings. The second kappa shape index (κ2) is 8.06. The number of aromatic nitrogens is 3. The molecule has 1 aromatic heterocycles. The van der Waals surface area contributed by atoms with E-state index < -0.39 is 0 Å². The van der Waals surface area contributed by atoms with Crippen LogP contribution < -0.4 is 5.32 Å². The standard InChI is InChI=1S/C18H25N5O/c1-15-4-2-3-5-17(15)11-22-8-6-16(7-9-22)10-20-18(24)12-23-14-19-13-21-23/h2-5,13-14,16H,6-12H2,1H3,(H,20,24). The van der Waals surface area contributed by atoms with Crippen LogP contribution in [0, 0.1) is 12.8 Å². The van der Waals surface area contributed by atoms with Crippen molar-refractivity contribution >= 4 is 5.91 Å². The molecule has 2 heterocycles. The summed E-state index contributed by atoms with van der Waals surface area (Å²) in [6.07, 6.45) is 5.27. The first kappa shape index (κ1) is 16.6. The summed E-state index contributed by atoms with van der Waals surface area (Å²) in [7, 11) is 0. The van der Waals surface area contributed by atoms with Crippen LogP contribution in [0.25, 0.3) is 0 Å². The molecule has 6 heteroatoms. The predicted octanol–water partition coefficient (Wildman–Crippen LogP) is 1.61. The number of likely N-dealkylation sites (tertiary alicyclic amines) is 1. The highest BCUT2D eigenvalue weighted by molar-refractivity contribution is 5.75. The topological polar surface area (TPSA) is 63.1 Å². The Hall–Kier alpha value is -2.21. The van der Waals surface area contributed by atoms with Crippen LogP contribution in [0.5, 0.6) is 0 Å². The van der Waals surface area contributed by atoms with Gasteiger partial charge in [-0.3, -0.25) is 9.69 Å². The van der Waals surface area contributed by atoms with Gasteiger partial charge in [0.15, 0.2) is 0 Å². The van der Waals surface area contributed by atoms with Gasteiger partial charge in [0.25, 0.3) is 0 Å². The van der Waals surface area contributed by atoms with Gasteiger partial charge in [-0.2, -0.15) is 5.10 Å². The molecule has 1 amide bonds. The van der Waals surface area contributed by atoms with Crippen molar-refractivity contribution in [3.8, 4) is 0 Å². The second-order valence-corrected chi connectivity index (χ2v) is 6.54. The number of nitrogens with one attached hydrogen (secondary N) is 1. The smallest absolute Gasteiger partial charge is 0.241 e. The number of benzene rings is 1. The van der Waals surface area contributed by atoms with Crippen molar-refractivity contribution in [2.75, 3.05) is 19.6 Å². The number of nitrogens with zero attached hydrogens (tertiary/aromatic N) is 4. The number of rotatable bonds is 6. The van der Waals surface area contributed by atoms with E-state index in [0.29, 0.717) is 5.92 Å². The minimum Gasteiger partial charge on any atom is -0.354 e. The zero-order valence-corrected chi connectivity index (χ0v) is 14.2. The Kier molecular flexibility index (Phi) is 5.59. The predicted molar refractivity (Wildman–Crippen MR) is 92.2 cm³/mol. The number of hydrogen-bond acceptors (Lipinski definition) is 4. The third-order valence-electron chi connectivity index (χ3n) is 4.72. The van der Waals surface area contributed by atoms with Crippen molar-refractivity contribution < 1.29 is 4.79 Å². The summed E-state index contributed by atoms with van der Waals surface area (Å²) in [5.41, 5.74) is 2.78. The van der Waals surface area contributed by atoms with Gasteiger partial charge in [-0.05, 0) is 49.9 Å². The third-order valence-corrected chi connectivity index (χ3v) is 4.72. The van der Waals surface area contributed by atoms with Crippen LogP contribution in [-0.4, -0.2) is 45.2 Å². The average molecular weight is 327 g/mol. The molecule has 0 atom stereocenters. The largest absolute Gasteiger partial charge is 0.354 e. The molecule has 24 heavy (non-hydrogen) atoms. The Morgan fingerprint density at radius 2 is 2.08 bits per heavy atom. The zero-order valence-electron chi connectivity index (χ0n) is 14.2.